The number of hydrogen-bond donors (Lipinski definition) is 0. The van der Waals surface area contributed by atoms with Crippen LogP contribution >= 0.6 is 11.8 Å². The van der Waals surface area contributed by atoms with Gasteiger partial charge in [0.15, 0.2) is 0 Å². The Bertz CT molecular complexity index is 801. The zero-order chi connectivity index (χ0) is 17.8. The fraction of sp³-hybridized carbons (Fsp3) is 0.667. The van der Waals surface area contributed by atoms with Gasteiger partial charge in [-0.05, 0) is 30.2 Å². The van der Waals surface area contributed by atoms with E-state index in [0.717, 1.165) is 56.2 Å². The molecule has 1 unspecified atom stereocenters. The zero-order valence-corrected chi connectivity index (χ0v) is 16.4. The van der Waals surface area contributed by atoms with Crippen LogP contribution in [-0.4, -0.2) is 80.2 Å². The van der Waals surface area contributed by atoms with Crippen molar-refractivity contribution in [3.8, 4) is 5.75 Å². The third kappa shape index (κ3) is 2.86. The molecule has 0 amide bonds. The van der Waals surface area contributed by atoms with Crippen LogP contribution in [0.4, 0.5) is 0 Å². The van der Waals surface area contributed by atoms with E-state index in [1.54, 1.807) is 22.5 Å². The van der Waals surface area contributed by atoms with Crippen molar-refractivity contribution in [1.82, 2.24) is 9.21 Å². The molecule has 4 aliphatic rings. The minimum Gasteiger partial charge on any atom is -0.493 e. The minimum absolute atomic E-state index is 0.107. The molecule has 4 aliphatic heterocycles. The van der Waals surface area contributed by atoms with Crippen LogP contribution in [0.25, 0.3) is 0 Å². The highest BCUT2D eigenvalue weighted by Crippen LogP contribution is 2.48. The Hall–Kier alpha value is -0.800. The normalized spacial score (nSPS) is 28.7. The number of morpholine rings is 1. The van der Waals surface area contributed by atoms with E-state index in [1.165, 1.54) is 0 Å². The van der Waals surface area contributed by atoms with E-state index in [4.69, 9.17) is 9.47 Å². The molecule has 3 saturated heterocycles. The number of sulfonamides is 1. The standard InChI is InChI=1S/C18H24N2O4S2/c21-26(22,16-1-2-17-14(9-16)3-6-24-17)20-12-18(13-20)10-15(11-25-18)19-4-7-23-8-5-19/h1-2,9,15H,3-8,10-13H2. The number of hydrogen-bond acceptors (Lipinski definition) is 6. The number of rotatable bonds is 3. The van der Waals surface area contributed by atoms with Crippen LogP contribution in [0.2, 0.25) is 0 Å². The van der Waals surface area contributed by atoms with Crippen molar-refractivity contribution in [2.75, 3.05) is 51.8 Å². The summed E-state index contributed by atoms with van der Waals surface area (Å²) in [6, 6.07) is 5.83. The van der Waals surface area contributed by atoms with Gasteiger partial charge in [-0.1, -0.05) is 0 Å². The molecule has 0 aliphatic carbocycles. The third-order valence-corrected chi connectivity index (χ3v) is 9.36. The molecule has 8 heteroatoms. The van der Waals surface area contributed by atoms with E-state index >= 15 is 0 Å². The first-order chi connectivity index (χ1) is 12.6. The Labute approximate surface area is 158 Å². The second-order valence-electron chi connectivity index (χ2n) is 7.64. The van der Waals surface area contributed by atoms with Gasteiger partial charge >= 0.3 is 0 Å². The van der Waals surface area contributed by atoms with Gasteiger partial charge < -0.3 is 9.47 Å². The van der Waals surface area contributed by atoms with Crippen LogP contribution < -0.4 is 4.74 Å². The average Bonchev–Trinajstić information content (AvgIpc) is 3.27. The van der Waals surface area contributed by atoms with Crippen LogP contribution in [0.1, 0.15) is 12.0 Å². The van der Waals surface area contributed by atoms with Gasteiger partial charge in [0.25, 0.3) is 0 Å². The lowest BCUT2D eigenvalue weighted by molar-refractivity contribution is 0.0168. The fourth-order valence-corrected chi connectivity index (χ4v) is 7.96. The Morgan fingerprint density at radius 3 is 2.77 bits per heavy atom. The van der Waals surface area contributed by atoms with Crippen LogP contribution in [0, 0.1) is 0 Å². The summed E-state index contributed by atoms with van der Waals surface area (Å²) in [6.07, 6.45) is 1.88. The molecule has 1 spiro atoms. The summed E-state index contributed by atoms with van der Waals surface area (Å²) in [5.74, 6) is 1.92. The highest BCUT2D eigenvalue weighted by Gasteiger charge is 2.53. The molecular formula is C18H24N2O4S2. The molecule has 5 rings (SSSR count). The molecular weight excluding hydrogens is 372 g/mol. The van der Waals surface area contributed by atoms with Gasteiger partial charge in [-0.2, -0.15) is 16.1 Å². The summed E-state index contributed by atoms with van der Waals surface area (Å²) in [7, 11) is -3.40. The maximum atomic E-state index is 13.0. The lowest BCUT2D eigenvalue weighted by atomic mass is 9.93. The molecule has 0 aromatic heterocycles. The lowest BCUT2D eigenvalue weighted by Gasteiger charge is -2.46. The van der Waals surface area contributed by atoms with Crippen molar-refractivity contribution < 1.29 is 17.9 Å². The van der Waals surface area contributed by atoms with Gasteiger partial charge in [-0.3, -0.25) is 4.90 Å². The van der Waals surface area contributed by atoms with E-state index in [-0.39, 0.29) is 4.75 Å². The maximum Gasteiger partial charge on any atom is 0.243 e. The first-order valence-corrected chi connectivity index (χ1v) is 11.7. The van der Waals surface area contributed by atoms with Crippen LogP contribution in [0.3, 0.4) is 0 Å². The Morgan fingerprint density at radius 1 is 1.15 bits per heavy atom. The summed E-state index contributed by atoms with van der Waals surface area (Å²) < 4.78 is 38.7. The summed E-state index contributed by atoms with van der Waals surface area (Å²) >= 11 is 1.96. The number of fused-ring (bicyclic) bond motifs is 1. The molecule has 0 N–H and O–H groups in total. The fourth-order valence-electron chi connectivity index (χ4n) is 4.46. The van der Waals surface area contributed by atoms with E-state index in [2.05, 4.69) is 4.90 Å². The average molecular weight is 397 g/mol. The van der Waals surface area contributed by atoms with Crippen LogP contribution in [-0.2, 0) is 21.2 Å². The van der Waals surface area contributed by atoms with E-state index in [0.29, 0.717) is 30.6 Å². The lowest BCUT2D eigenvalue weighted by Crippen LogP contribution is -2.61. The first kappa shape index (κ1) is 17.3. The molecule has 1 aromatic rings. The first-order valence-electron chi connectivity index (χ1n) is 9.27. The minimum atomic E-state index is -3.40. The highest BCUT2D eigenvalue weighted by atomic mass is 32.2. The van der Waals surface area contributed by atoms with Crippen molar-refractivity contribution in [2.24, 2.45) is 0 Å². The van der Waals surface area contributed by atoms with Gasteiger partial charge in [0, 0.05) is 49.1 Å². The number of ether oxygens (including phenoxy) is 2. The summed E-state index contributed by atoms with van der Waals surface area (Å²) in [4.78, 5) is 2.92. The smallest absolute Gasteiger partial charge is 0.243 e. The third-order valence-electron chi connectivity index (χ3n) is 5.98. The summed E-state index contributed by atoms with van der Waals surface area (Å²) in [5, 5.41) is 0. The Kier molecular flexibility index (Phi) is 4.24. The predicted octanol–water partition coefficient (Wildman–Crippen LogP) is 1.20. The second-order valence-corrected chi connectivity index (χ2v) is 11.1. The van der Waals surface area contributed by atoms with E-state index in [1.807, 2.05) is 11.8 Å². The molecule has 3 fully saturated rings. The van der Waals surface area contributed by atoms with Crippen molar-refractivity contribution in [2.45, 2.75) is 28.5 Å². The highest BCUT2D eigenvalue weighted by molar-refractivity contribution is 8.01. The maximum absolute atomic E-state index is 13.0. The largest absolute Gasteiger partial charge is 0.493 e. The molecule has 1 atom stereocenters. The topological polar surface area (TPSA) is 59.1 Å². The van der Waals surface area contributed by atoms with Gasteiger partial charge in [0.2, 0.25) is 10.0 Å². The Morgan fingerprint density at radius 2 is 1.96 bits per heavy atom. The number of benzene rings is 1. The molecule has 0 saturated carbocycles. The Balaban J connectivity index is 1.26. The SMILES string of the molecule is O=S(=O)(c1ccc2c(c1)CCO2)N1CC2(CC(N3CCOCC3)CS2)C1. The van der Waals surface area contributed by atoms with Crippen molar-refractivity contribution in [1.29, 1.82) is 0 Å². The molecule has 0 radical (unpaired) electrons. The quantitative estimate of drug-likeness (QED) is 0.765. The van der Waals surface area contributed by atoms with E-state index in [9.17, 15) is 8.42 Å². The second kappa shape index (κ2) is 6.38. The van der Waals surface area contributed by atoms with Gasteiger partial charge in [0.1, 0.15) is 5.75 Å². The number of nitrogens with zero attached hydrogens (tertiary/aromatic N) is 2. The van der Waals surface area contributed by atoms with Gasteiger partial charge in [0.05, 0.1) is 24.7 Å². The predicted molar refractivity (Wildman–Crippen MR) is 100 cm³/mol. The molecule has 26 heavy (non-hydrogen) atoms. The van der Waals surface area contributed by atoms with Gasteiger partial charge in [-0.25, -0.2) is 8.42 Å². The van der Waals surface area contributed by atoms with Gasteiger partial charge in [-0.15, -0.1) is 0 Å². The molecule has 1 aromatic carbocycles. The molecule has 4 heterocycles. The monoisotopic (exact) mass is 396 g/mol. The molecule has 142 valence electrons. The van der Waals surface area contributed by atoms with Crippen molar-refractivity contribution >= 4 is 21.8 Å². The van der Waals surface area contributed by atoms with Crippen molar-refractivity contribution in [3.05, 3.63) is 23.8 Å². The zero-order valence-electron chi connectivity index (χ0n) is 14.7. The van der Waals surface area contributed by atoms with Crippen LogP contribution in [0.15, 0.2) is 23.1 Å². The van der Waals surface area contributed by atoms with Crippen LogP contribution in [0.5, 0.6) is 5.75 Å². The summed E-state index contributed by atoms with van der Waals surface area (Å²) in [6.45, 7) is 5.54. The molecule has 6 nitrogen and oxygen atoms in total. The van der Waals surface area contributed by atoms with E-state index < -0.39 is 10.0 Å². The van der Waals surface area contributed by atoms with Crippen molar-refractivity contribution in [3.63, 3.8) is 0 Å². The molecule has 0 bridgehead atoms. The summed E-state index contributed by atoms with van der Waals surface area (Å²) in [5.41, 5.74) is 1.00. The number of thioether (sulfide) groups is 1.